The molecular weight excluding hydrogens is 354 g/mol. The molecule has 0 saturated heterocycles. The molecule has 23 heavy (non-hydrogen) atoms. The van der Waals surface area contributed by atoms with Crippen LogP contribution in [0.5, 0.6) is 0 Å². The highest BCUT2D eigenvalue weighted by molar-refractivity contribution is 9.10. The van der Waals surface area contributed by atoms with Crippen molar-refractivity contribution >= 4 is 21.7 Å². The largest absolute Gasteiger partial charge is 0.391 e. The van der Waals surface area contributed by atoms with Gasteiger partial charge in [-0.25, -0.2) is 9.97 Å². The SMILES string of the molecule is CCc1nc(NC2c3ccccc3CCC2O)c(CC)nc1Br. The third-order valence-corrected chi connectivity index (χ3v) is 5.07. The maximum atomic E-state index is 10.5. The third-order valence-electron chi connectivity index (χ3n) is 4.44. The summed E-state index contributed by atoms with van der Waals surface area (Å²) in [5.41, 5.74) is 4.32. The number of rotatable bonds is 4. The van der Waals surface area contributed by atoms with Gasteiger partial charge in [-0.3, -0.25) is 0 Å². The summed E-state index contributed by atoms with van der Waals surface area (Å²) in [5.74, 6) is 0.785. The third kappa shape index (κ3) is 3.26. The summed E-state index contributed by atoms with van der Waals surface area (Å²) in [7, 11) is 0. The van der Waals surface area contributed by atoms with Crippen LogP contribution in [0.4, 0.5) is 5.82 Å². The average Bonchev–Trinajstić information content (AvgIpc) is 2.58. The van der Waals surface area contributed by atoms with Gasteiger partial charge in [0.15, 0.2) is 0 Å². The number of aliphatic hydroxyl groups is 1. The molecule has 0 radical (unpaired) electrons. The van der Waals surface area contributed by atoms with Crippen molar-refractivity contribution in [1.82, 2.24) is 9.97 Å². The first-order chi connectivity index (χ1) is 11.1. The number of benzene rings is 1. The van der Waals surface area contributed by atoms with Gasteiger partial charge < -0.3 is 10.4 Å². The molecule has 0 saturated carbocycles. The predicted octanol–water partition coefficient (Wildman–Crippen LogP) is 3.82. The molecule has 3 rings (SSSR count). The van der Waals surface area contributed by atoms with Gasteiger partial charge in [-0.1, -0.05) is 38.1 Å². The minimum Gasteiger partial charge on any atom is -0.391 e. The first-order valence-corrected chi connectivity index (χ1v) is 9.01. The van der Waals surface area contributed by atoms with Gasteiger partial charge in [0.1, 0.15) is 10.4 Å². The van der Waals surface area contributed by atoms with Crippen molar-refractivity contribution in [3.63, 3.8) is 0 Å². The molecule has 2 aromatic rings. The lowest BCUT2D eigenvalue weighted by Crippen LogP contribution is -2.31. The highest BCUT2D eigenvalue weighted by atomic mass is 79.9. The number of aromatic nitrogens is 2. The van der Waals surface area contributed by atoms with Crippen LogP contribution in [0, 0.1) is 0 Å². The maximum Gasteiger partial charge on any atom is 0.148 e. The zero-order valence-electron chi connectivity index (χ0n) is 13.5. The number of nitrogens with one attached hydrogen (secondary N) is 1. The van der Waals surface area contributed by atoms with Gasteiger partial charge in [0.05, 0.1) is 23.5 Å². The molecule has 1 heterocycles. The van der Waals surface area contributed by atoms with Gasteiger partial charge in [0, 0.05) is 0 Å². The Morgan fingerprint density at radius 2 is 1.91 bits per heavy atom. The van der Waals surface area contributed by atoms with Gasteiger partial charge in [-0.15, -0.1) is 0 Å². The van der Waals surface area contributed by atoms with Crippen LogP contribution in [0.15, 0.2) is 28.9 Å². The zero-order valence-corrected chi connectivity index (χ0v) is 15.1. The summed E-state index contributed by atoms with van der Waals surface area (Å²) >= 11 is 3.49. The number of halogens is 1. The predicted molar refractivity (Wildman–Crippen MR) is 95.6 cm³/mol. The molecule has 2 unspecified atom stereocenters. The molecule has 5 heteroatoms. The van der Waals surface area contributed by atoms with E-state index in [2.05, 4.69) is 58.3 Å². The lowest BCUT2D eigenvalue weighted by molar-refractivity contribution is 0.135. The van der Waals surface area contributed by atoms with Crippen LogP contribution in [0.2, 0.25) is 0 Å². The number of aliphatic hydroxyl groups excluding tert-OH is 1. The highest BCUT2D eigenvalue weighted by Gasteiger charge is 2.29. The zero-order chi connectivity index (χ0) is 16.4. The fraction of sp³-hybridized carbons (Fsp3) is 0.444. The number of hydrogen-bond acceptors (Lipinski definition) is 4. The average molecular weight is 376 g/mol. The molecule has 2 N–H and O–H groups in total. The van der Waals surface area contributed by atoms with E-state index in [-0.39, 0.29) is 6.04 Å². The lowest BCUT2D eigenvalue weighted by Gasteiger charge is -2.32. The van der Waals surface area contributed by atoms with E-state index >= 15 is 0 Å². The van der Waals surface area contributed by atoms with Crippen molar-refractivity contribution in [2.75, 3.05) is 5.32 Å². The Bertz CT molecular complexity index is 705. The van der Waals surface area contributed by atoms with Gasteiger partial charge in [0.25, 0.3) is 0 Å². The number of hydrogen-bond donors (Lipinski definition) is 2. The fourth-order valence-electron chi connectivity index (χ4n) is 3.13. The summed E-state index contributed by atoms with van der Waals surface area (Å²) in [4.78, 5) is 9.35. The monoisotopic (exact) mass is 375 g/mol. The van der Waals surface area contributed by atoms with E-state index in [9.17, 15) is 5.11 Å². The van der Waals surface area contributed by atoms with Crippen molar-refractivity contribution in [1.29, 1.82) is 0 Å². The number of aryl methyl sites for hydroxylation is 3. The second-order valence-electron chi connectivity index (χ2n) is 5.89. The first kappa shape index (κ1) is 16.4. The molecule has 122 valence electrons. The quantitative estimate of drug-likeness (QED) is 0.852. The van der Waals surface area contributed by atoms with E-state index in [4.69, 9.17) is 4.98 Å². The minimum atomic E-state index is -0.412. The number of nitrogens with zero attached hydrogens (tertiary/aromatic N) is 2. The van der Waals surface area contributed by atoms with Crippen LogP contribution in [0.1, 0.15) is 48.8 Å². The molecule has 0 fully saturated rings. The Morgan fingerprint density at radius 3 is 2.65 bits per heavy atom. The van der Waals surface area contributed by atoms with E-state index in [0.29, 0.717) is 0 Å². The topological polar surface area (TPSA) is 58.0 Å². The van der Waals surface area contributed by atoms with Crippen LogP contribution in [0.3, 0.4) is 0 Å². The smallest absolute Gasteiger partial charge is 0.148 e. The Labute approximate surface area is 145 Å². The molecule has 4 nitrogen and oxygen atoms in total. The molecule has 1 aromatic heterocycles. The van der Waals surface area contributed by atoms with E-state index in [1.165, 1.54) is 5.56 Å². The van der Waals surface area contributed by atoms with Crippen LogP contribution in [-0.2, 0) is 19.3 Å². The van der Waals surface area contributed by atoms with Gasteiger partial charge in [-0.05, 0) is 52.7 Å². The van der Waals surface area contributed by atoms with Crippen molar-refractivity contribution in [2.45, 2.75) is 51.7 Å². The van der Waals surface area contributed by atoms with Crippen molar-refractivity contribution in [3.05, 3.63) is 51.4 Å². The molecule has 0 spiro atoms. The fourth-order valence-corrected chi connectivity index (χ4v) is 3.72. The van der Waals surface area contributed by atoms with Gasteiger partial charge in [-0.2, -0.15) is 0 Å². The summed E-state index contributed by atoms with van der Waals surface area (Å²) in [6.45, 7) is 4.13. The summed E-state index contributed by atoms with van der Waals surface area (Å²) < 4.78 is 0.812. The standard InChI is InChI=1S/C18H22BrN3O/c1-3-13-17(19)20-14(4-2)18(21-13)22-16-12-8-6-5-7-11(12)9-10-15(16)23/h5-8,15-16,23H,3-4,9-10H2,1-2H3,(H,21,22). The summed E-state index contributed by atoms with van der Waals surface area (Å²) in [6, 6.07) is 8.18. The molecule has 0 amide bonds. The Hall–Kier alpha value is -1.46. The maximum absolute atomic E-state index is 10.5. The van der Waals surface area contributed by atoms with E-state index in [1.807, 2.05) is 6.07 Å². The Morgan fingerprint density at radius 1 is 1.17 bits per heavy atom. The molecule has 1 aliphatic carbocycles. The van der Waals surface area contributed by atoms with Gasteiger partial charge >= 0.3 is 0 Å². The van der Waals surface area contributed by atoms with E-state index in [1.54, 1.807) is 0 Å². The Kier molecular flexibility index (Phi) is 4.97. The van der Waals surface area contributed by atoms with Crippen LogP contribution in [0.25, 0.3) is 0 Å². The van der Waals surface area contributed by atoms with Crippen molar-refractivity contribution in [2.24, 2.45) is 0 Å². The lowest BCUT2D eigenvalue weighted by atomic mass is 9.85. The van der Waals surface area contributed by atoms with E-state index in [0.717, 1.165) is 53.1 Å². The van der Waals surface area contributed by atoms with Crippen LogP contribution in [-0.4, -0.2) is 21.2 Å². The molecule has 0 aliphatic heterocycles. The minimum absolute atomic E-state index is 0.134. The first-order valence-electron chi connectivity index (χ1n) is 8.21. The summed E-state index contributed by atoms with van der Waals surface area (Å²) in [6.07, 6.45) is 2.88. The van der Waals surface area contributed by atoms with Crippen LogP contribution >= 0.6 is 15.9 Å². The Balaban J connectivity index is 1.98. The van der Waals surface area contributed by atoms with Crippen molar-refractivity contribution in [3.8, 4) is 0 Å². The normalized spacial score (nSPS) is 20.2. The highest BCUT2D eigenvalue weighted by Crippen LogP contribution is 2.33. The molecule has 2 atom stereocenters. The summed E-state index contributed by atoms with van der Waals surface area (Å²) in [5, 5.41) is 14.0. The second kappa shape index (κ2) is 6.97. The number of fused-ring (bicyclic) bond motifs is 1. The van der Waals surface area contributed by atoms with E-state index < -0.39 is 6.10 Å². The molecular formula is C18H22BrN3O. The second-order valence-corrected chi connectivity index (χ2v) is 6.64. The van der Waals surface area contributed by atoms with Gasteiger partial charge in [0.2, 0.25) is 0 Å². The van der Waals surface area contributed by atoms with Crippen LogP contribution < -0.4 is 5.32 Å². The number of anilines is 1. The van der Waals surface area contributed by atoms with Crippen molar-refractivity contribution < 1.29 is 5.11 Å². The molecule has 1 aliphatic rings. The molecule has 1 aromatic carbocycles. The molecule has 0 bridgehead atoms.